The van der Waals surface area contributed by atoms with Crippen molar-refractivity contribution >= 4 is 29.9 Å². The molecule has 30 heavy (non-hydrogen) atoms. The van der Waals surface area contributed by atoms with Crippen LogP contribution in [0, 0.1) is 5.41 Å². The Labute approximate surface area is 195 Å². The van der Waals surface area contributed by atoms with Crippen LogP contribution in [0.15, 0.2) is 33.8 Å². The predicted molar refractivity (Wildman–Crippen MR) is 128 cm³/mol. The monoisotopic (exact) mass is 525 g/mol. The molecule has 2 aromatic rings. The molecular weight excluding hydrogens is 493 g/mol. The lowest BCUT2D eigenvalue weighted by atomic mass is 9.87. The third kappa shape index (κ3) is 5.32. The van der Waals surface area contributed by atoms with Crippen molar-refractivity contribution in [2.45, 2.75) is 46.1 Å². The van der Waals surface area contributed by atoms with E-state index in [0.717, 1.165) is 75.0 Å². The van der Waals surface area contributed by atoms with E-state index < -0.39 is 0 Å². The highest BCUT2D eigenvalue weighted by molar-refractivity contribution is 14.0. The zero-order valence-electron chi connectivity index (χ0n) is 17.9. The molecule has 1 aromatic carbocycles. The molecule has 3 heterocycles. The Morgan fingerprint density at radius 1 is 1.30 bits per heavy atom. The second-order valence-electron chi connectivity index (χ2n) is 8.11. The smallest absolute Gasteiger partial charge is 0.257 e. The van der Waals surface area contributed by atoms with E-state index in [9.17, 15) is 0 Å². The van der Waals surface area contributed by atoms with Gasteiger partial charge in [0.1, 0.15) is 0 Å². The minimum Gasteiger partial charge on any atom is -0.381 e. The maximum atomic E-state index is 5.66. The third-order valence-electron chi connectivity index (χ3n) is 5.78. The highest BCUT2D eigenvalue weighted by Gasteiger charge is 2.42. The Hall–Kier alpha value is -1.68. The number of rotatable bonds is 6. The first-order valence-corrected chi connectivity index (χ1v) is 10.7. The van der Waals surface area contributed by atoms with Gasteiger partial charge in [0.05, 0.1) is 13.2 Å². The van der Waals surface area contributed by atoms with E-state index >= 15 is 0 Å². The standard InChI is InChI=1S/C22H31N5O2.HI/c1-3-6-19-25-20(29-26-19)18-8-5-7-17(13-18)14-24-21(23-4-2)27-11-9-22(15-27)10-12-28-16-22;/h5,7-8,13H,3-4,6,9-12,14-16H2,1-2H3,(H,23,24);1H. The van der Waals surface area contributed by atoms with Crippen LogP contribution >= 0.6 is 24.0 Å². The van der Waals surface area contributed by atoms with Crippen molar-refractivity contribution in [2.24, 2.45) is 10.4 Å². The topological polar surface area (TPSA) is 75.8 Å². The van der Waals surface area contributed by atoms with E-state index in [1.165, 1.54) is 6.42 Å². The van der Waals surface area contributed by atoms with Crippen molar-refractivity contribution in [3.05, 3.63) is 35.7 Å². The lowest BCUT2D eigenvalue weighted by Gasteiger charge is -2.25. The maximum Gasteiger partial charge on any atom is 0.257 e. The number of benzene rings is 1. The van der Waals surface area contributed by atoms with Gasteiger partial charge < -0.3 is 19.5 Å². The lowest BCUT2D eigenvalue weighted by Crippen LogP contribution is -2.41. The molecule has 1 spiro atoms. The number of hydrogen-bond acceptors (Lipinski definition) is 5. The second kappa shape index (κ2) is 10.6. The molecule has 0 saturated carbocycles. The number of halogens is 1. The molecule has 1 N–H and O–H groups in total. The van der Waals surface area contributed by atoms with E-state index in [0.29, 0.717) is 17.9 Å². The van der Waals surface area contributed by atoms with Gasteiger partial charge in [0.25, 0.3) is 5.89 Å². The molecule has 7 nitrogen and oxygen atoms in total. The fourth-order valence-corrected chi connectivity index (χ4v) is 4.18. The number of hydrogen-bond donors (Lipinski definition) is 1. The van der Waals surface area contributed by atoms with Crippen molar-refractivity contribution < 1.29 is 9.26 Å². The lowest BCUT2D eigenvalue weighted by molar-refractivity contribution is 0.156. The number of aryl methyl sites for hydroxylation is 1. The molecule has 1 aromatic heterocycles. The summed E-state index contributed by atoms with van der Waals surface area (Å²) in [6.07, 6.45) is 4.19. The first-order chi connectivity index (χ1) is 14.2. The number of aromatic nitrogens is 2. The van der Waals surface area contributed by atoms with Crippen LogP contribution in [0.25, 0.3) is 11.5 Å². The van der Waals surface area contributed by atoms with Gasteiger partial charge in [-0.05, 0) is 43.9 Å². The van der Waals surface area contributed by atoms with E-state index in [-0.39, 0.29) is 24.0 Å². The Morgan fingerprint density at radius 2 is 2.20 bits per heavy atom. The molecule has 164 valence electrons. The number of likely N-dealkylation sites (tertiary alicyclic amines) is 1. The summed E-state index contributed by atoms with van der Waals surface area (Å²) in [6.45, 7) is 9.55. The highest BCUT2D eigenvalue weighted by Crippen LogP contribution is 2.38. The average Bonchev–Trinajstić information content (AvgIpc) is 3.48. The average molecular weight is 525 g/mol. The predicted octanol–water partition coefficient (Wildman–Crippen LogP) is 3.89. The summed E-state index contributed by atoms with van der Waals surface area (Å²) in [7, 11) is 0. The number of aliphatic imine (C=N–C) groups is 1. The zero-order valence-corrected chi connectivity index (χ0v) is 20.2. The van der Waals surface area contributed by atoms with Gasteiger partial charge in [-0.25, -0.2) is 4.99 Å². The van der Waals surface area contributed by atoms with Gasteiger partial charge in [0.15, 0.2) is 11.8 Å². The molecule has 0 bridgehead atoms. The second-order valence-corrected chi connectivity index (χ2v) is 8.11. The molecule has 2 aliphatic rings. The Bertz CT molecular complexity index is 848. The highest BCUT2D eigenvalue weighted by atomic mass is 127. The largest absolute Gasteiger partial charge is 0.381 e. The Morgan fingerprint density at radius 3 is 2.97 bits per heavy atom. The summed E-state index contributed by atoms with van der Waals surface area (Å²) in [5.74, 6) is 2.33. The number of guanidine groups is 1. The van der Waals surface area contributed by atoms with Gasteiger partial charge in [0.2, 0.25) is 0 Å². The minimum atomic E-state index is 0. The van der Waals surface area contributed by atoms with Crippen molar-refractivity contribution in [1.82, 2.24) is 20.4 Å². The molecule has 0 radical (unpaired) electrons. The van der Waals surface area contributed by atoms with Crippen molar-refractivity contribution in [3.63, 3.8) is 0 Å². The van der Waals surface area contributed by atoms with Crippen LogP contribution in [0.2, 0.25) is 0 Å². The van der Waals surface area contributed by atoms with Crippen LogP contribution < -0.4 is 5.32 Å². The van der Waals surface area contributed by atoms with Crippen molar-refractivity contribution in [2.75, 3.05) is 32.8 Å². The molecule has 0 aliphatic carbocycles. The molecule has 8 heteroatoms. The van der Waals surface area contributed by atoms with Gasteiger partial charge in [-0.3, -0.25) is 0 Å². The normalized spacial score (nSPS) is 21.3. The van der Waals surface area contributed by atoms with Crippen molar-refractivity contribution in [1.29, 1.82) is 0 Å². The maximum absolute atomic E-state index is 5.66. The number of nitrogens with zero attached hydrogens (tertiary/aromatic N) is 4. The molecule has 2 aliphatic heterocycles. The van der Waals surface area contributed by atoms with E-state index in [4.69, 9.17) is 14.3 Å². The molecule has 2 fully saturated rings. The third-order valence-corrected chi connectivity index (χ3v) is 5.78. The Balaban J connectivity index is 0.00000256. The minimum absolute atomic E-state index is 0. The summed E-state index contributed by atoms with van der Waals surface area (Å²) >= 11 is 0. The first kappa shape index (κ1) is 23.0. The van der Waals surface area contributed by atoms with Crippen LogP contribution in [0.4, 0.5) is 0 Å². The van der Waals surface area contributed by atoms with Gasteiger partial charge in [-0.2, -0.15) is 4.98 Å². The summed E-state index contributed by atoms with van der Waals surface area (Å²) in [5, 5.41) is 7.52. The summed E-state index contributed by atoms with van der Waals surface area (Å²) in [5.41, 5.74) is 2.40. The van der Waals surface area contributed by atoms with Crippen LogP contribution in [-0.2, 0) is 17.7 Å². The quantitative estimate of drug-likeness (QED) is 0.351. The zero-order chi connectivity index (χ0) is 20.1. The van der Waals surface area contributed by atoms with E-state index in [2.05, 4.69) is 46.3 Å². The van der Waals surface area contributed by atoms with Gasteiger partial charge >= 0.3 is 0 Å². The first-order valence-electron chi connectivity index (χ1n) is 10.7. The van der Waals surface area contributed by atoms with E-state index in [1.54, 1.807) is 0 Å². The molecule has 4 rings (SSSR count). The van der Waals surface area contributed by atoms with Gasteiger partial charge in [-0.1, -0.05) is 24.2 Å². The molecule has 1 atom stereocenters. The molecular formula is C22H32IN5O2. The van der Waals surface area contributed by atoms with Crippen LogP contribution in [0.3, 0.4) is 0 Å². The fraction of sp³-hybridized carbons (Fsp3) is 0.591. The molecule has 2 saturated heterocycles. The van der Waals surface area contributed by atoms with Gasteiger partial charge in [-0.15, -0.1) is 24.0 Å². The number of ether oxygens (including phenoxy) is 1. The Kier molecular flexibility index (Phi) is 8.10. The summed E-state index contributed by atoms with van der Waals surface area (Å²) in [6, 6.07) is 8.21. The summed E-state index contributed by atoms with van der Waals surface area (Å²) < 4.78 is 11.1. The molecule has 1 unspecified atom stereocenters. The molecule has 0 amide bonds. The number of nitrogens with one attached hydrogen (secondary N) is 1. The summed E-state index contributed by atoms with van der Waals surface area (Å²) in [4.78, 5) is 11.8. The van der Waals surface area contributed by atoms with E-state index in [1.807, 2.05) is 12.1 Å². The van der Waals surface area contributed by atoms with Crippen molar-refractivity contribution in [3.8, 4) is 11.5 Å². The van der Waals surface area contributed by atoms with Crippen LogP contribution in [-0.4, -0.2) is 53.8 Å². The van der Waals surface area contributed by atoms with Crippen LogP contribution in [0.5, 0.6) is 0 Å². The fourth-order valence-electron chi connectivity index (χ4n) is 4.18. The van der Waals surface area contributed by atoms with Gasteiger partial charge in [0, 0.05) is 43.6 Å². The SMILES string of the molecule is CCCc1noc(-c2cccc(CN=C(NCC)N3CCC4(CCOC4)C3)c2)n1.I. The van der Waals surface area contributed by atoms with Crippen LogP contribution in [0.1, 0.15) is 44.5 Å².